The number of methoxy groups -OCH3 is 1. The van der Waals surface area contributed by atoms with Crippen molar-refractivity contribution in [3.63, 3.8) is 0 Å². The second-order valence-corrected chi connectivity index (χ2v) is 2.95. The molecule has 0 aliphatic heterocycles. The summed E-state index contributed by atoms with van der Waals surface area (Å²) in [6.45, 7) is 0.484. The first-order valence-electron chi connectivity index (χ1n) is 3.76. The SMILES string of the molecule is COC(CN)c1ccc(Cl)cc1. The van der Waals surface area contributed by atoms with E-state index in [4.69, 9.17) is 22.1 Å². The maximum atomic E-state index is 5.73. The van der Waals surface area contributed by atoms with Gasteiger partial charge in [0.1, 0.15) is 0 Å². The van der Waals surface area contributed by atoms with Gasteiger partial charge in [-0.1, -0.05) is 23.7 Å². The van der Waals surface area contributed by atoms with Crippen LogP contribution in [-0.4, -0.2) is 13.7 Å². The third kappa shape index (κ3) is 2.21. The fourth-order valence-corrected chi connectivity index (χ4v) is 1.17. The summed E-state index contributed by atoms with van der Waals surface area (Å²) in [6.07, 6.45) is -0.0257. The average Bonchev–Trinajstić information content (AvgIpc) is 2.10. The van der Waals surface area contributed by atoms with Crippen LogP contribution < -0.4 is 5.73 Å². The Bertz CT molecular complexity index is 231. The fourth-order valence-electron chi connectivity index (χ4n) is 1.05. The highest BCUT2D eigenvalue weighted by Crippen LogP contribution is 2.17. The van der Waals surface area contributed by atoms with E-state index in [1.165, 1.54) is 0 Å². The minimum absolute atomic E-state index is 0.0257. The van der Waals surface area contributed by atoms with E-state index in [2.05, 4.69) is 0 Å². The van der Waals surface area contributed by atoms with Crippen molar-refractivity contribution in [3.05, 3.63) is 34.9 Å². The molecule has 0 saturated heterocycles. The van der Waals surface area contributed by atoms with Gasteiger partial charge in [0.15, 0.2) is 0 Å². The Hall–Kier alpha value is -0.570. The van der Waals surface area contributed by atoms with Crippen molar-refractivity contribution in [3.8, 4) is 0 Å². The van der Waals surface area contributed by atoms with Gasteiger partial charge in [0.25, 0.3) is 0 Å². The first-order valence-corrected chi connectivity index (χ1v) is 4.14. The Morgan fingerprint density at radius 1 is 1.42 bits per heavy atom. The van der Waals surface area contributed by atoms with E-state index >= 15 is 0 Å². The van der Waals surface area contributed by atoms with Gasteiger partial charge in [0.2, 0.25) is 0 Å². The molecule has 1 aromatic carbocycles. The van der Waals surface area contributed by atoms with Gasteiger partial charge in [-0.2, -0.15) is 0 Å². The molecule has 0 spiro atoms. The van der Waals surface area contributed by atoms with Crippen LogP contribution in [0.2, 0.25) is 5.02 Å². The molecule has 12 heavy (non-hydrogen) atoms. The zero-order chi connectivity index (χ0) is 8.97. The third-order valence-corrected chi connectivity index (χ3v) is 1.99. The molecule has 0 bridgehead atoms. The standard InChI is InChI=1S/C9H12ClNO/c1-12-9(6-11)7-2-4-8(10)5-3-7/h2-5,9H,6,11H2,1H3. The zero-order valence-corrected chi connectivity index (χ0v) is 7.71. The number of hydrogen-bond acceptors (Lipinski definition) is 2. The molecular weight excluding hydrogens is 174 g/mol. The summed E-state index contributed by atoms with van der Waals surface area (Å²) in [5, 5.41) is 0.727. The van der Waals surface area contributed by atoms with Crippen molar-refractivity contribution in [1.82, 2.24) is 0 Å². The van der Waals surface area contributed by atoms with E-state index in [1.807, 2.05) is 24.3 Å². The Labute approximate surface area is 77.3 Å². The highest BCUT2D eigenvalue weighted by molar-refractivity contribution is 6.30. The Morgan fingerprint density at radius 3 is 2.42 bits per heavy atom. The number of ether oxygens (including phenoxy) is 1. The molecule has 2 nitrogen and oxygen atoms in total. The van der Waals surface area contributed by atoms with Gasteiger partial charge < -0.3 is 10.5 Å². The van der Waals surface area contributed by atoms with Crippen LogP contribution in [0.3, 0.4) is 0 Å². The van der Waals surface area contributed by atoms with Crippen molar-refractivity contribution >= 4 is 11.6 Å². The lowest BCUT2D eigenvalue weighted by molar-refractivity contribution is 0.110. The monoisotopic (exact) mass is 185 g/mol. The van der Waals surface area contributed by atoms with Crippen LogP contribution in [0.1, 0.15) is 11.7 Å². The van der Waals surface area contributed by atoms with E-state index in [0.29, 0.717) is 6.54 Å². The Kier molecular flexibility index (Phi) is 3.53. The maximum Gasteiger partial charge on any atom is 0.0943 e. The lowest BCUT2D eigenvalue weighted by atomic mass is 10.1. The molecule has 0 radical (unpaired) electrons. The molecule has 3 heteroatoms. The molecule has 0 saturated carbocycles. The molecule has 0 amide bonds. The highest BCUT2D eigenvalue weighted by Gasteiger charge is 2.06. The largest absolute Gasteiger partial charge is 0.375 e. The van der Waals surface area contributed by atoms with Crippen molar-refractivity contribution in [2.45, 2.75) is 6.10 Å². The van der Waals surface area contributed by atoms with Gasteiger partial charge in [-0.25, -0.2) is 0 Å². The van der Waals surface area contributed by atoms with Crippen LogP contribution in [0.5, 0.6) is 0 Å². The molecule has 2 N–H and O–H groups in total. The van der Waals surface area contributed by atoms with Gasteiger partial charge in [-0.05, 0) is 17.7 Å². The third-order valence-electron chi connectivity index (χ3n) is 1.74. The first-order chi connectivity index (χ1) is 5.77. The molecular formula is C9H12ClNO. The normalized spacial score (nSPS) is 12.9. The van der Waals surface area contributed by atoms with E-state index in [1.54, 1.807) is 7.11 Å². The summed E-state index contributed by atoms with van der Waals surface area (Å²) < 4.78 is 5.16. The molecule has 0 aliphatic rings. The molecule has 0 fully saturated rings. The van der Waals surface area contributed by atoms with Crippen molar-refractivity contribution in [2.75, 3.05) is 13.7 Å². The van der Waals surface area contributed by atoms with Gasteiger partial charge in [-0.3, -0.25) is 0 Å². The minimum Gasteiger partial charge on any atom is -0.375 e. The number of hydrogen-bond donors (Lipinski definition) is 1. The van der Waals surface area contributed by atoms with Crippen LogP contribution >= 0.6 is 11.6 Å². The molecule has 0 aliphatic carbocycles. The maximum absolute atomic E-state index is 5.73. The van der Waals surface area contributed by atoms with Crippen LogP contribution in [0.4, 0.5) is 0 Å². The van der Waals surface area contributed by atoms with Gasteiger partial charge in [0.05, 0.1) is 6.10 Å². The second kappa shape index (κ2) is 4.45. The average molecular weight is 186 g/mol. The van der Waals surface area contributed by atoms with Gasteiger partial charge in [0, 0.05) is 18.7 Å². The van der Waals surface area contributed by atoms with Crippen molar-refractivity contribution in [1.29, 1.82) is 0 Å². The first kappa shape index (κ1) is 9.52. The molecule has 0 aromatic heterocycles. The van der Waals surface area contributed by atoms with Crippen molar-refractivity contribution in [2.24, 2.45) is 5.73 Å². The molecule has 0 heterocycles. The van der Waals surface area contributed by atoms with Gasteiger partial charge in [-0.15, -0.1) is 0 Å². The zero-order valence-electron chi connectivity index (χ0n) is 6.96. The van der Waals surface area contributed by atoms with Crippen molar-refractivity contribution < 1.29 is 4.74 Å². The second-order valence-electron chi connectivity index (χ2n) is 2.51. The number of benzene rings is 1. The predicted octanol–water partition coefficient (Wildman–Crippen LogP) is 1.99. The summed E-state index contributed by atoms with van der Waals surface area (Å²) in [5.74, 6) is 0. The number of rotatable bonds is 3. The lowest BCUT2D eigenvalue weighted by Gasteiger charge is -2.12. The predicted molar refractivity (Wildman–Crippen MR) is 50.3 cm³/mol. The van der Waals surface area contributed by atoms with E-state index < -0.39 is 0 Å². The minimum atomic E-state index is -0.0257. The summed E-state index contributed by atoms with van der Waals surface area (Å²) in [4.78, 5) is 0. The van der Waals surface area contributed by atoms with E-state index in [0.717, 1.165) is 10.6 Å². The van der Waals surface area contributed by atoms with Crippen LogP contribution in [0.15, 0.2) is 24.3 Å². The van der Waals surface area contributed by atoms with Crippen LogP contribution in [0.25, 0.3) is 0 Å². The molecule has 1 aromatic rings. The number of halogens is 1. The summed E-state index contributed by atoms with van der Waals surface area (Å²) in [6, 6.07) is 7.50. The molecule has 1 rings (SSSR count). The summed E-state index contributed by atoms with van der Waals surface area (Å²) >= 11 is 5.73. The highest BCUT2D eigenvalue weighted by atomic mass is 35.5. The summed E-state index contributed by atoms with van der Waals surface area (Å²) in [7, 11) is 1.64. The number of nitrogens with two attached hydrogens (primary N) is 1. The summed E-state index contributed by atoms with van der Waals surface area (Å²) in [5.41, 5.74) is 6.56. The molecule has 1 unspecified atom stereocenters. The van der Waals surface area contributed by atoms with Gasteiger partial charge >= 0.3 is 0 Å². The quantitative estimate of drug-likeness (QED) is 0.782. The smallest absolute Gasteiger partial charge is 0.0943 e. The fraction of sp³-hybridized carbons (Fsp3) is 0.333. The van der Waals surface area contributed by atoms with Crippen LogP contribution in [-0.2, 0) is 4.74 Å². The van der Waals surface area contributed by atoms with E-state index in [-0.39, 0.29) is 6.10 Å². The topological polar surface area (TPSA) is 35.2 Å². The molecule has 66 valence electrons. The van der Waals surface area contributed by atoms with E-state index in [9.17, 15) is 0 Å². The molecule has 1 atom stereocenters. The Morgan fingerprint density at radius 2 is 2.00 bits per heavy atom. The lowest BCUT2D eigenvalue weighted by Crippen LogP contribution is -2.13. The Balaban J connectivity index is 2.80. The van der Waals surface area contributed by atoms with Crippen LogP contribution in [0, 0.1) is 0 Å².